The van der Waals surface area contributed by atoms with Gasteiger partial charge in [-0.2, -0.15) is 13.2 Å². The maximum Gasteiger partial charge on any atom is 0.418 e. The molecule has 0 radical (unpaired) electrons. The molecule has 0 saturated carbocycles. The number of amides is 3. The fourth-order valence-corrected chi connectivity index (χ4v) is 4.32. The van der Waals surface area contributed by atoms with Crippen LogP contribution < -0.4 is 10.6 Å². The highest BCUT2D eigenvalue weighted by atomic mass is 32.1. The van der Waals surface area contributed by atoms with E-state index in [-0.39, 0.29) is 30.0 Å². The summed E-state index contributed by atoms with van der Waals surface area (Å²) in [4.78, 5) is 41.8. The van der Waals surface area contributed by atoms with E-state index >= 15 is 0 Å². The van der Waals surface area contributed by atoms with Gasteiger partial charge in [-0.15, -0.1) is 11.3 Å². The third-order valence-electron chi connectivity index (χ3n) is 5.52. The van der Waals surface area contributed by atoms with Gasteiger partial charge in [-0.3, -0.25) is 19.3 Å². The average Bonchev–Trinajstić information content (AvgIpc) is 3.32. The molecule has 11 heteroatoms. The van der Waals surface area contributed by atoms with Crippen molar-refractivity contribution in [1.82, 2.24) is 15.1 Å². The number of rotatable bonds is 7. The molecule has 1 unspecified atom stereocenters. The third-order valence-corrected chi connectivity index (χ3v) is 6.39. The summed E-state index contributed by atoms with van der Waals surface area (Å²) >= 11 is 1.30. The highest BCUT2D eigenvalue weighted by molar-refractivity contribution is 7.12. The molecule has 7 nitrogen and oxygen atoms in total. The highest BCUT2D eigenvalue weighted by Gasteiger charge is 2.34. The van der Waals surface area contributed by atoms with Crippen molar-refractivity contribution in [3.8, 4) is 0 Å². The lowest BCUT2D eigenvalue weighted by Gasteiger charge is -2.37. The maximum atomic E-state index is 13.1. The molecule has 1 aliphatic rings. The quantitative estimate of drug-likeness (QED) is 0.617. The number of hydrogen-bond donors (Lipinski definition) is 2. The first-order chi connectivity index (χ1) is 16.1. The lowest BCUT2D eigenvalue weighted by atomic mass is 10.0. The Morgan fingerprint density at radius 3 is 2.29 bits per heavy atom. The fourth-order valence-electron chi connectivity index (χ4n) is 3.69. The summed E-state index contributed by atoms with van der Waals surface area (Å²) in [5, 5.41) is 6.94. The number of alkyl halides is 3. The summed E-state index contributed by atoms with van der Waals surface area (Å²) in [6.07, 6.45) is -4.57. The van der Waals surface area contributed by atoms with Crippen LogP contribution in [0.15, 0.2) is 41.8 Å². The molecule has 0 aliphatic carbocycles. The van der Waals surface area contributed by atoms with E-state index in [2.05, 4.69) is 10.6 Å². The summed E-state index contributed by atoms with van der Waals surface area (Å²) in [6, 6.07) is 7.61. The van der Waals surface area contributed by atoms with Crippen molar-refractivity contribution in [2.24, 2.45) is 5.92 Å². The molecule has 0 spiro atoms. The third kappa shape index (κ3) is 6.57. The Hall–Kier alpha value is -2.92. The Bertz CT molecular complexity index is 1000. The summed E-state index contributed by atoms with van der Waals surface area (Å²) < 4.78 is 39.4. The van der Waals surface area contributed by atoms with Gasteiger partial charge in [0.15, 0.2) is 0 Å². The zero-order valence-corrected chi connectivity index (χ0v) is 19.7. The number of thiophene rings is 1. The van der Waals surface area contributed by atoms with Crippen LogP contribution in [0.1, 0.15) is 29.1 Å². The topological polar surface area (TPSA) is 81.8 Å². The van der Waals surface area contributed by atoms with Crippen molar-refractivity contribution < 1.29 is 27.6 Å². The lowest BCUT2D eigenvalue weighted by molar-refractivity contribution is -0.137. The van der Waals surface area contributed by atoms with Gasteiger partial charge in [0, 0.05) is 26.2 Å². The number of nitrogens with zero attached hydrogens (tertiary/aromatic N) is 2. The summed E-state index contributed by atoms with van der Waals surface area (Å²) in [5.74, 6) is -1.16. The molecule has 0 bridgehead atoms. The summed E-state index contributed by atoms with van der Waals surface area (Å²) in [7, 11) is 0. The first-order valence-electron chi connectivity index (χ1n) is 10.9. The van der Waals surface area contributed by atoms with Crippen LogP contribution in [0.5, 0.6) is 0 Å². The fraction of sp³-hybridized carbons (Fsp3) is 0.435. The van der Waals surface area contributed by atoms with Gasteiger partial charge in [0.25, 0.3) is 5.91 Å². The number of hydrogen-bond acceptors (Lipinski definition) is 5. The summed E-state index contributed by atoms with van der Waals surface area (Å²) in [5.41, 5.74) is -1.18. The Labute approximate surface area is 199 Å². The number of carbonyl (C=O) groups is 3. The molecular formula is C23H27F3N4O3S. The van der Waals surface area contributed by atoms with Crippen molar-refractivity contribution in [1.29, 1.82) is 0 Å². The van der Waals surface area contributed by atoms with Gasteiger partial charge in [-0.1, -0.05) is 32.0 Å². The van der Waals surface area contributed by atoms with E-state index in [1.165, 1.54) is 29.5 Å². The molecule has 3 rings (SSSR count). The zero-order chi connectivity index (χ0) is 24.9. The second kappa shape index (κ2) is 11.0. The molecule has 1 aliphatic heterocycles. The Morgan fingerprint density at radius 1 is 1.03 bits per heavy atom. The average molecular weight is 497 g/mol. The van der Waals surface area contributed by atoms with Crippen molar-refractivity contribution in [2.45, 2.75) is 26.1 Å². The van der Waals surface area contributed by atoms with Gasteiger partial charge in [0.2, 0.25) is 11.8 Å². The SMILES string of the molecule is CC(C)C(NC(=O)c1cccs1)C(=O)N1CCN(CC(=O)Nc2ccccc2C(F)(F)F)CC1. The molecule has 1 saturated heterocycles. The van der Waals surface area contributed by atoms with E-state index < -0.39 is 23.7 Å². The molecule has 3 amide bonds. The largest absolute Gasteiger partial charge is 0.418 e. The maximum absolute atomic E-state index is 13.1. The molecular weight excluding hydrogens is 469 g/mol. The van der Waals surface area contributed by atoms with Crippen LogP contribution in [-0.2, 0) is 15.8 Å². The van der Waals surface area contributed by atoms with E-state index in [0.717, 1.165) is 6.07 Å². The van der Waals surface area contributed by atoms with Gasteiger partial charge in [0.1, 0.15) is 6.04 Å². The van der Waals surface area contributed by atoms with Crippen LogP contribution in [0.2, 0.25) is 0 Å². The first-order valence-corrected chi connectivity index (χ1v) is 11.8. The first kappa shape index (κ1) is 25.7. The number of carbonyl (C=O) groups excluding carboxylic acids is 3. The van der Waals surface area contributed by atoms with Crippen LogP contribution >= 0.6 is 11.3 Å². The van der Waals surface area contributed by atoms with Gasteiger partial charge < -0.3 is 15.5 Å². The molecule has 34 heavy (non-hydrogen) atoms. The number of benzene rings is 1. The van der Waals surface area contributed by atoms with Crippen LogP contribution in [0.3, 0.4) is 0 Å². The molecule has 2 heterocycles. The molecule has 1 fully saturated rings. The van der Waals surface area contributed by atoms with E-state index in [0.29, 0.717) is 31.1 Å². The summed E-state index contributed by atoms with van der Waals surface area (Å²) in [6.45, 7) is 5.12. The van der Waals surface area contributed by atoms with E-state index in [1.54, 1.807) is 27.3 Å². The van der Waals surface area contributed by atoms with Gasteiger partial charge in [0.05, 0.1) is 22.7 Å². The van der Waals surface area contributed by atoms with Gasteiger partial charge >= 0.3 is 6.18 Å². The lowest BCUT2D eigenvalue weighted by Crippen LogP contribution is -2.57. The number of anilines is 1. The van der Waals surface area contributed by atoms with E-state index in [9.17, 15) is 27.6 Å². The minimum Gasteiger partial charge on any atom is -0.339 e. The Balaban J connectivity index is 1.53. The van der Waals surface area contributed by atoms with Crippen LogP contribution in [0.25, 0.3) is 0 Å². The van der Waals surface area contributed by atoms with Crippen molar-refractivity contribution >= 4 is 34.7 Å². The zero-order valence-electron chi connectivity index (χ0n) is 18.9. The minimum atomic E-state index is -4.57. The molecule has 1 aromatic carbocycles. The van der Waals surface area contributed by atoms with E-state index in [1.807, 2.05) is 13.8 Å². The smallest absolute Gasteiger partial charge is 0.339 e. The predicted octanol–water partition coefficient (Wildman–Crippen LogP) is 3.30. The minimum absolute atomic E-state index is 0.0864. The molecule has 2 N–H and O–H groups in total. The monoisotopic (exact) mass is 496 g/mol. The molecule has 1 atom stereocenters. The number of halogens is 3. The van der Waals surface area contributed by atoms with E-state index in [4.69, 9.17) is 0 Å². The highest BCUT2D eigenvalue weighted by Crippen LogP contribution is 2.34. The second-order valence-corrected chi connectivity index (χ2v) is 9.31. The van der Waals surface area contributed by atoms with Crippen LogP contribution in [0.4, 0.5) is 18.9 Å². The van der Waals surface area contributed by atoms with Gasteiger partial charge in [-0.25, -0.2) is 0 Å². The predicted molar refractivity (Wildman–Crippen MR) is 124 cm³/mol. The van der Waals surface area contributed by atoms with Crippen LogP contribution in [0, 0.1) is 5.92 Å². The standard InChI is InChI=1S/C23H27F3N4O3S/c1-15(2)20(28-21(32)18-8-5-13-34-18)22(33)30-11-9-29(10-12-30)14-19(31)27-17-7-4-3-6-16(17)23(24,25)26/h3-8,13,15,20H,9-12,14H2,1-2H3,(H,27,31)(H,28,32). The second-order valence-electron chi connectivity index (χ2n) is 8.37. The van der Waals surface area contributed by atoms with Gasteiger partial charge in [-0.05, 0) is 29.5 Å². The normalized spacial score (nSPS) is 15.8. The van der Waals surface area contributed by atoms with Crippen molar-refractivity contribution in [2.75, 3.05) is 38.0 Å². The molecule has 184 valence electrons. The number of piperazine rings is 1. The Morgan fingerprint density at radius 2 is 1.71 bits per heavy atom. The van der Waals surface area contributed by atoms with Crippen molar-refractivity contribution in [3.05, 3.63) is 52.2 Å². The van der Waals surface area contributed by atoms with Crippen molar-refractivity contribution in [3.63, 3.8) is 0 Å². The van der Waals surface area contributed by atoms with Crippen LogP contribution in [-0.4, -0.2) is 66.3 Å². The Kier molecular flexibility index (Phi) is 8.32. The molecule has 1 aromatic heterocycles. The number of nitrogens with one attached hydrogen (secondary N) is 2. The molecule has 2 aromatic rings. The number of para-hydroxylation sites is 1.